The number of methoxy groups -OCH3 is 1. The van der Waals surface area contributed by atoms with Gasteiger partial charge in [0.05, 0.1) is 36.1 Å². The number of hydrogen-bond acceptors (Lipinski definition) is 8. The summed E-state index contributed by atoms with van der Waals surface area (Å²) in [5.74, 6) is -1.26. The van der Waals surface area contributed by atoms with E-state index in [9.17, 15) is 19.5 Å². The Hall–Kier alpha value is -3.98. The number of carbonyl (C=O) groups is 2. The van der Waals surface area contributed by atoms with Crippen molar-refractivity contribution in [3.63, 3.8) is 0 Å². The number of rotatable bonds is 4. The molecule has 9 nitrogen and oxygen atoms in total. The van der Waals surface area contributed by atoms with Crippen molar-refractivity contribution >= 4 is 34.6 Å². The van der Waals surface area contributed by atoms with Gasteiger partial charge in [0.15, 0.2) is 5.60 Å². The molecule has 0 radical (unpaired) electrons. The number of aliphatic hydroxyl groups is 1. The zero-order valence-corrected chi connectivity index (χ0v) is 19.7. The molecule has 5 rings (SSSR count). The van der Waals surface area contributed by atoms with Gasteiger partial charge in [0.1, 0.15) is 6.61 Å². The maximum atomic E-state index is 13.4. The first-order chi connectivity index (χ1) is 16.7. The SMILES string of the molecule is CCc1cc(N)c(/C=C/C(=O)OC)c2cc3c(nc12)-c1cc2c(c(=O)n1C3)COC(=O)[C@]2(O)CC. The number of benzene rings is 1. The first-order valence-corrected chi connectivity index (χ1v) is 11.4. The van der Waals surface area contributed by atoms with Crippen molar-refractivity contribution in [1.82, 2.24) is 9.55 Å². The molecule has 3 N–H and O–H groups in total. The van der Waals surface area contributed by atoms with Crippen LogP contribution in [-0.4, -0.2) is 33.7 Å². The number of nitrogens with zero attached hydrogens (tertiary/aromatic N) is 2. The third-order valence-electron chi connectivity index (χ3n) is 6.92. The van der Waals surface area contributed by atoms with Gasteiger partial charge >= 0.3 is 11.9 Å². The largest absolute Gasteiger partial charge is 0.466 e. The fourth-order valence-corrected chi connectivity index (χ4v) is 4.93. The molecular weight excluding hydrogens is 450 g/mol. The van der Waals surface area contributed by atoms with Crippen LogP contribution in [0.5, 0.6) is 0 Å². The van der Waals surface area contributed by atoms with Gasteiger partial charge in [-0.25, -0.2) is 14.6 Å². The average Bonchev–Trinajstić information content (AvgIpc) is 3.22. The van der Waals surface area contributed by atoms with Crippen LogP contribution in [0.2, 0.25) is 0 Å². The van der Waals surface area contributed by atoms with Gasteiger partial charge in [-0.1, -0.05) is 13.8 Å². The standard InChI is InChI=1S/C26H25N3O6/c1-4-13-9-19(27)15(6-7-21(30)34-3)16-8-14-11-29-20(23(14)28-22(13)16)10-18-17(24(29)31)12-35-25(32)26(18,33)5-2/h6-10,33H,4-5,11-12,27H2,1-3H3/b7-6+/t26-/m0/s1. The molecule has 0 spiro atoms. The molecule has 0 bridgehead atoms. The number of esters is 2. The van der Waals surface area contributed by atoms with Gasteiger partial charge in [-0.2, -0.15) is 0 Å². The van der Waals surface area contributed by atoms with Gasteiger partial charge in [0.2, 0.25) is 0 Å². The Kier molecular flexibility index (Phi) is 5.25. The number of fused-ring (bicyclic) bond motifs is 5. The molecule has 180 valence electrons. The molecule has 2 aliphatic heterocycles. The second-order valence-corrected chi connectivity index (χ2v) is 8.74. The zero-order chi connectivity index (χ0) is 25.1. The van der Waals surface area contributed by atoms with Crippen molar-refractivity contribution in [3.05, 3.63) is 62.4 Å². The summed E-state index contributed by atoms with van der Waals surface area (Å²) in [4.78, 5) is 42.4. The molecular formula is C26H25N3O6. The molecule has 2 aliphatic rings. The van der Waals surface area contributed by atoms with Crippen LogP contribution >= 0.6 is 0 Å². The lowest BCUT2D eigenvalue weighted by atomic mass is 9.86. The molecule has 2 aromatic heterocycles. The molecule has 0 saturated heterocycles. The number of pyridine rings is 2. The van der Waals surface area contributed by atoms with E-state index < -0.39 is 17.5 Å². The van der Waals surface area contributed by atoms with Crippen LogP contribution in [0.25, 0.3) is 28.4 Å². The number of anilines is 1. The number of cyclic esters (lactones) is 1. The molecule has 0 unspecified atom stereocenters. The third-order valence-corrected chi connectivity index (χ3v) is 6.92. The molecule has 4 heterocycles. The number of nitrogens with two attached hydrogens (primary N) is 1. The summed E-state index contributed by atoms with van der Waals surface area (Å²) in [6, 6.07) is 5.45. The summed E-state index contributed by atoms with van der Waals surface area (Å²) in [7, 11) is 1.30. The van der Waals surface area contributed by atoms with E-state index in [1.54, 1.807) is 23.6 Å². The number of carbonyl (C=O) groups excluding carboxylic acids is 2. The smallest absolute Gasteiger partial charge is 0.343 e. The normalized spacial score (nSPS) is 18.3. The minimum atomic E-state index is -1.88. The van der Waals surface area contributed by atoms with Gasteiger partial charge in [0, 0.05) is 33.8 Å². The monoisotopic (exact) mass is 475 g/mol. The van der Waals surface area contributed by atoms with Crippen LogP contribution in [-0.2, 0) is 44.2 Å². The van der Waals surface area contributed by atoms with Crippen LogP contribution in [0.1, 0.15) is 48.1 Å². The fourth-order valence-electron chi connectivity index (χ4n) is 4.93. The summed E-state index contributed by atoms with van der Waals surface area (Å²) >= 11 is 0. The Labute approximate surface area is 200 Å². The van der Waals surface area contributed by atoms with E-state index in [-0.39, 0.29) is 36.3 Å². The van der Waals surface area contributed by atoms with Crippen molar-refractivity contribution < 1.29 is 24.2 Å². The van der Waals surface area contributed by atoms with E-state index in [1.165, 1.54) is 13.2 Å². The first-order valence-electron chi connectivity index (χ1n) is 11.4. The maximum Gasteiger partial charge on any atom is 0.343 e. The van der Waals surface area contributed by atoms with Crippen LogP contribution in [0.4, 0.5) is 5.69 Å². The van der Waals surface area contributed by atoms with Crippen molar-refractivity contribution in [1.29, 1.82) is 0 Å². The molecule has 3 aromatic rings. The Morgan fingerprint density at radius 2 is 2.09 bits per heavy atom. The second kappa shape index (κ2) is 8.06. The molecule has 35 heavy (non-hydrogen) atoms. The highest BCUT2D eigenvalue weighted by Crippen LogP contribution is 2.40. The summed E-state index contributed by atoms with van der Waals surface area (Å²) < 4.78 is 11.4. The Balaban J connectivity index is 1.77. The lowest BCUT2D eigenvalue weighted by molar-refractivity contribution is -0.172. The highest BCUT2D eigenvalue weighted by atomic mass is 16.6. The molecule has 0 saturated carbocycles. The molecule has 0 amide bonds. The zero-order valence-electron chi connectivity index (χ0n) is 19.7. The molecule has 9 heteroatoms. The van der Waals surface area contributed by atoms with Gasteiger partial charge in [0.25, 0.3) is 5.56 Å². The summed E-state index contributed by atoms with van der Waals surface area (Å²) in [6.07, 6.45) is 3.66. The first kappa shape index (κ1) is 22.8. The third kappa shape index (κ3) is 3.26. The highest BCUT2D eigenvalue weighted by Gasteiger charge is 2.45. The average molecular weight is 476 g/mol. The quantitative estimate of drug-likeness (QED) is 0.261. The molecule has 0 fully saturated rings. The van der Waals surface area contributed by atoms with Gasteiger partial charge in [-0.05, 0) is 42.7 Å². The fraction of sp³-hybridized carbons (Fsp3) is 0.308. The van der Waals surface area contributed by atoms with Crippen LogP contribution in [0.15, 0.2) is 29.1 Å². The van der Waals surface area contributed by atoms with Crippen LogP contribution in [0, 0.1) is 0 Å². The number of nitrogen functional groups attached to an aromatic ring is 1. The number of ether oxygens (including phenoxy) is 2. The summed E-state index contributed by atoms with van der Waals surface area (Å²) in [5, 5.41) is 11.8. The van der Waals surface area contributed by atoms with Crippen LogP contribution < -0.4 is 11.3 Å². The van der Waals surface area contributed by atoms with E-state index in [1.807, 2.05) is 19.1 Å². The van der Waals surface area contributed by atoms with Crippen LogP contribution in [0.3, 0.4) is 0 Å². The Bertz CT molecular complexity index is 1520. The van der Waals surface area contributed by atoms with E-state index in [0.717, 1.165) is 16.5 Å². The molecule has 1 atom stereocenters. The number of aromatic nitrogens is 2. The van der Waals surface area contributed by atoms with Crippen molar-refractivity contribution in [2.45, 2.75) is 45.4 Å². The predicted octanol–water partition coefficient (Wildman–Crippen LogP) is 2.41. The minimum Gasteiger partial charge on any atom is -0.466 e. The summed E-state index contributed by atoms with van der Waals surface area (Å²) in [6.45, 7) is 3.76. The van der Waals surface area contributed by atoms with Gasteiger partial charge in [-0.3, -0.25) is 4.79 Å². The minimum absolute atomic E-state index is 0.0783. The van der Waals surface area contributed by atoms with E-state index in [4.69, 9.17) is 20.2 Å². The lowest BCUT2D eigenvalue weighted by Crippen LogP contribution is -2.44. The van der Waals surface area contributed by atoms with Gasteiger partial charge < -0.3 is 24.9 Å². The lowest BCUT2D eigenvalue weighted by Gasteiger charge is -2.31. The van der Waals surface area contributed by atoms with E-state index in [0.29, 0.717) is 34.6 Å². The Morgan fingerprint density at radius 3 is 2.77 bits per heavy atom. The van der Waals surface area contributed by atoms with Crippen molar-refractivity contribution in [2.24, 2.45) is 0 Å². The molecule has 0 aliphatic carbocycles. The van der Waals surface area contributed by atoms with E-state index >= 15 is 0 Å². The highest BCUT2D eigenvalue weighted by molar-refractivity contribution is 6.00. The summed E-state index contributed by atoms with van der Waals surface area (Å²) in [5.41, 5.74) is 9.38. The number of aryl methyl sites for hydroxylation is 1. The topological polar surface area (TPSA) is 134 Å². The Morgan fingerprint density at radius 1 is 1.31 bits per heavy atom. The number of hydrogen-bond donors (Lipinski definition) is 2. The maximum absolute atomic E-state index is 13.4. The second-order valence-electron chi connectivity index (χ2n) is 8.74. The predicted molar refractivity (Wildman–Crippen MR) is 129 cm³/mol. The van der Waals surface area contributed by atoms with Crippen molar-refractivity contribution in [2.75, 3.05) is 12.8 Å². The van der Waals surface area contributed by atoms with E-state index in [2.05, 4.69) is 0 Å². The van der Waals surface area contributed by atoms with Crippen molar-refractivity contribution in [3.8, 4) is 11.4 Å². The molecule has 1 aromatic carbocycles. The van der Waals surface area contributed by atoms with Gasteiger partial charge in [-0.15, -0.1) is 0 Å².